The fraction of sp³-hybridized carbons (Fsp3) is 0.375. The van der Waals surface area contributed by atoms with Crippen molar-refractivity contribution in [1.82, 2.24) is 14.9 Å². The van der Waals surface area contributed by atoms with Gasteiger partial charge in [0.05, 0.1) is 10.7 Å². The number of anilines is 2. The van der Waals surface area contributed by atoms with E-state index in [9.17, 15) is 0 Å². The van der Waals surface area contributed by atoms with Gasteiger partial charge in [-0.25, -0.2) is 9.97 Å². The molecule has 0 spiro atoms. The summed E-state index contributed by atoms with van der Waals surface area (Å²) < 4.78 is 0. The highest BCUT2D eigenvalue weighted by Gasteiger charge is 2.19. The molecule has 1 aliphatic rings. The largest absolute Gasteiger partial charge is 0.383 e. The van der Waals surface area contributed by atoms with Crippen LogP contribution in [0.5, 0.6) is 0 Å². The zero-order valence-corrected chi connectivity index (χ0v) is 15.9. The Balaban J connectivity index is 0.00000144. The summed E-state index contributed by atoms with van der Waals surface area (Å²) in [6.45, 7) is 6.49. The molecule has 2 N–H and O–H groups in total. The molecule has 0 radical (unpaired) electrons. The summed E-state index contributed by atoms with van der Waals surface area (Å²) in [7, 11) is 0. The lowest BCUT2D eigenvalue weighted by Gasteiger charge is -2.36. The van der Waals surface area contributed by atoms with Crippen LogP contribution in [0.4, 0.5) is 11.5 Å². The van der Waals surface area contributed by atoms with Gasteiger partial charge in [-0.1, -0.05) is 23.7 Å². The molecule has 0 amide bonds. The van der Waals surface area contributed by atoms with E-state index in [2.05, 4.69) is 25.8 Å². The lowest BCUT2D eigenvalue weighted by Crippen LogP contribution is -2.46. The lowest BCUT2D eigenvalue weighted by molar-refractivity contribution is 0.250. The minimum absolute atomic E-state index is 0. The standard InChI is InChI=1S/C16H20ClN5.2ClH/c1-12-19-10-13(16(18)20-12)11-21-6-8-22(9-7-21)15-5-3-2-4-14(15)17;;/h2-5,10H,6-9,11H2,1H3,(H2,18,19,20);2*1H. The number of hydrogen-bond acceptors (Lipinski definition) is 5. The van der Waals surface area contributed by atoms with Crippen LogP contribution in [-0.4, -0.2) is 41.0 Å². The number of rotatable bonds is 3. The topological polar surface area (TPSA) is 58.3 Å². The minimum Gasteiger partial charge on any atom is -0.383 e. The number of para-hydroxylation sites is 1. The van der Waals surface area contributed by atoms with Crippen molar-refractivity contribution in [1.29, 1.82) is 0 Å². The van der Waals surface area contributed by atoms with Crippen LogP contribution < -0.4 is 10.6 Å². The Labute approximate surface area is 160 Å². The van der Waals surface area contributed by atoms with Crippen LogP contribution in [0.25, 0.3) is 0 Å². The van der Waals surface area contributed by atoms with E-state index in [4.69, 9.17) is 17.3 Å². The van der Waals surface area contributed by atoms with E-state index < -0.39 is 0 Å². The van der Waals surface area contributed by atoms with Gasteiger partial charge in [0, 0.05) is 44.5 Å². The molecule has 1 aromatic heterocycles. The molecule has 24 heavy (non-hydrogen) atoms. The zero-order chi connectivity index (χ0) is 15.5. The van der Waals surface area contributed by atoms with Crippen LogP contribution >= 0.6 is 36.4 Å². The van der Waals surface area contributed by atoms with Crippen LogP contribution in [0.15, 0.2) is 30.5 Å². The number of nitrogens with two attached hydrogens (primary N) is 1. The predicted octanol–water partition coefficient (Wildman–Crippen LogP) is 3.19. The van der Waals surface area contributed by atoms with E-state index >= 15 is 0 Å². The first-order chi connectivity index (χ1) is 10.6. The molecule has 2 heterocycles. The number of benzene rings is 1. The Kier molecular flexibility index (Phi) is 8.03. The third kappa shape index (κ3) is 4.86. The number of aryl methyl sites for hydroxylation is 1. The van der Waals surface area contributed by atoms with Crippen LogP contribution in [0, 0.1) is 6.92 Å². The van der Waals surface area contributed by atoms with Crippen LogP contribution in [0.2, 0.25) is 5.02 Å². The molecule has 3 rings (SSSR count). The van der Waals surface area contributed by atoms with Crippen LogP contribution in [0.1, 0.15) is 11.4 Å². The summed E-state index contributed by atoms with van der Waals surface area (Å²) >= 11 is 6.27. The monoisotopic (exact) mass is 389 g/mol. The maximum atomic E-state index is 6.27. The molecule has 1 fully saturated rings. The zero-order valence-electron chi connectivity index (χ0n) is 13.5. The number of hydrogen-bond donors (Lipinski definition) is 1. The maximum Gasteiger partial charge on any atom is 0.131 e. The Hall–Kier alpha value is -1.27. The van der Waals surface area contributed by atoms with E-state index in [0.29, 0.717) is 11.6 Å². The van der Waals surface area contributed by atoms with Gasteiger partial charge in [-0.3, -0.25) is 4.90 Å². The van der Waals surface area contributed by atoms with Gasteiger partial charge in [0.2, 0.25) is 0 Å². The van der Waals surface area contributed by atoms with Crippen molar-refractivity contribution in [2.45, 2.75) is 13.5 Å². The third-order valence-corrected chi connectivity index (χ3v) is 4.30. The molecule has 132 valence electrons. The van der Waals surface area contributed by atoms with Crippen molar-refractivity contribution < 1.29 is 0 Å². The van der Waals surface area contributed by atoms with Gasteiger partial charge < -0.3 is 10.6 Å². The summed E-state index contributed by atoms with van der Waals surface area (Å²) in [4.78, 5) is 13.2. The lowest BCUT2D eigenvalue weighted by atomic mass is 10.2. The Bertz CT molecular complexity index is 660. The molecular formula is C16H22Cl3N5. The highest BCUT2D eigenvalue weighted by Crippen LogP contribution is 2.26. The second kappa shape index (κ2) is 9.28. The molecule has 0 unspecified atom stereocenters. The van der Waals surface area contributed by atoms with Crippen molar-refractivity contribution >= 4 is 47.9 Å². The maximum absolute atomic E-state index is 6.27. The summed E-state index contributed by atoms with van der Waals surface area (Å²) in [5.41, 5.74) is 8.08. The first-order valence-electron chi connectivity index (χ1n) is 7.43. The van der Waals surface area contributed by atoms with Gasteiger partial charge in [-0.15, -0.1) is 24.8 Å². The SMILES string of the molecule is Cc1ncc(CN2CCN(c3ccccc3Cl)CC2)c(N)n1.Cl.Cl. The molecular weight excluding hydrogens is 369 g/mol. The van der Waals surface area contributed by atoms with Gasteiger partial charge >= 0.3 is 0 Å². The van der Waals surface area contributed by atoms with Gasteiger partial charge in [0.15, 0.2) is 0 Å². The summed E-state index contributed by atoms with van der Waals surface area (Å²) in [6, 6.07) is 8.00. The quantitative estimate of drug-likeness (QED) is 0.872. The van der Waals surface area contributed by atoms with E-state index in [1.807, 2.05) is 31.3 Å². The Morgan fingerprint density at radius 3 is 2.42 bits per heavy atom. The highest BCUT2D eigenvalue weighted by molar-refractivity contribution is 6.33. The molecule has 5 nitrogen and oxygen atoms in total. The van der Waals surface area contributed by atoms with Gasteiger partial charge in [-0.2, -0.15) is 0 Å². The highest BCUT2D eigenvalue weighted by atomic mass is 35.5. The number of nitrogen functional groups attached to an aromatic ring is 1. The molecule has 8 heteroatoms. The molecule has 1 saturated heterocycles. The fourth-order valence-corrected chi connectivity index (χ4v) is 2.99. The van der Waals surface area contributed by atoms with Gasteiger partial charge in [0.1, 0.15) is 11.6 Å². The second-order valence-corrected chi connectivity index (χ2v) is 5.95. The number of nitrogens with zero attached hydrogens (tertiary/aromatic N) is 4. The van der Waals surface area contributed by atoms with Crippen molar-refractivity contribution in [3.8, 4) is 0 Å². The van der Waals surface area contributed by atoms with Crippen molar-refractivity contribution in [2.75, 3.05) is 36.8 Å². The normalized spacial score (nSPS) is 14.7. The minimum atomic E-state index is 0. The van der Waals surface area contributed by atoms with Crippen molar-refractivity contribution in [3.63, 3.8) is 0 Å². The molecule has 0 atom stereocenters. The fourth-order valence-electron chi connectivity index (χ4n) is 2.73. The molecule has 0 bridgehead atoms. The molecule has 1 aromatic carbocycles. The van der Waals surface area contributed by atoms with Gasteiger partial charge in [0.25, 0.3) is 0 Å². The van der Waals surface area contributed by atoms with Crippen LogP contribution in [0.3, 0.4) is 0 Å². The van der Waals surface area contributed by atoms with E-state index in [-0.39, 0.29) is 24.8 Å². The number of aromatic nitrogens is 2. The average Bonchev–Trinajstić information content (AvgIpc) is 2.51. The van der Waals surface area contributed by atoms with Crippen molar-refractivity contribution in [3.05, 3.63) is 46.9 Å². The summed E-state index contributed by atoms with van der Waals surface area (Å²) in [5.74, 6) is 1.30. The van der Waals surface area contributed by atoms with Crippen molar-refractivity contribution in [2.24, 2.45) is 0 Å². The first kappa shape index (κ1) is 20.8. The number of piperazine rings is 1. The summed E-state index contributed by atoms with van der Waals surface area (Å²) in [6.07, 6.45) is 1.83. The van der Waals surface area contributed by atoms with E-state index in [1.54, 1.807) is 0 Å². The molecule has 2 aromatic rings. The second-order valence-electron chi connectivity index (χ2n) is 5.54. The number of halogens is 3. The smallest absolute Gasteiger partial charge is 0.131 e. The Morgan fingerprint density at radius 2 is 1.79 bits per heavy atom. The Morgan fingerprint density at radius 1 is 1.12 bits per heavy atom. The predicted molar refractivity (Wildman–Crippen MR) is 105 cm³/mol. The summed E-state index contributed by atoms with van der Waals surface area (Å²) in [5, 5.41) is 0.812. The van der Waals surface area contributed by atoms with Gasteiger partial charge in [-0.05, 0) is 19.1 Å². The molecule has 0 aliphatic carbocycles. The van der Waals surface area contributed by atoms with E-state index in [0.717, 1.165) is 49.0 Å². The van der Waals surface area contributed by atoms with Crippen LogP contribution in [-0.2, 0) is 6.54 Å². The molecule has 0 saturated carbocycles. The third-order valence-electron chi connectivity index (χ3n) is 3.98. The van der Waals surface area contributed by atoms with E-state index in [1.165, 1.54) is 0 Å². The average molecular weight is 391 g/mol. The first-order valence-corrected chi connectivity index (χ1v) is 7.81. The molecule has 1 aliphatic heterocycles.